The van der Waals surface area contributed by atoms with Crippen LogP contribution in [0.15, 0.2) is 48.5 Å². The Kier molecular flexibility index (Phi) is 6.17. The lowest BCUT2D eigenvalue weighted by Crippen LogP contribution is -2.34. The van der Waals surface area contributed by atoms with Crippen LogP contribution in [0.3, 0.4) is 0 Å². The molecule has 0 aliphatic rings. The minimum Gasteiger partial charge on any atom is -0.491 e. The third-order valence-corrected chi connectivity index (χ3v) is 5.09. The van der Waals surface area contributed by atoms with Crippen molar-refractivity contribution in [1.82, 2.24) is 4.57 Å². The van der Waals surface area contributed by atoms with E-state index in [9.17, 15) is 5.11 Å². The van der Waals surface area contributed by atoms with Gasteiger partial charge >= 0.3 is 0 Å². The number of imidazole rings is 1. The average Bonchev–Trinajstić information content (AvgIpc) is 2.93. The van der Waals surface area contributed by atoms with Gasteiger partial charge in [0, 0.05) is 6.42 Å². The van der Waals surface area contributed by atoms with E-state index in [2.05, 4.69) is 67.3 Å². The molecule has 1 N–H and O–H groups in total. The van der Waals surface area contributed by atoms with Crippen LogP contribution in [-0.4, -0.2) is 22.4 Å². The Hall–Kier alpha value is -2.33. The number of hydrogen-bond donors (Lipinski definition) is 1. The van der Waals surface area contributed by atoms with E-state index in [1.807, 2.05) is 18.2 Å². The van der Waals surface area contributed by atoms with Crippen LogP contribution in [0.2, 0.25) is 0 Å². The fourth-order valence-corrected chi connectivity index (χ4v) is 3.57. The SMILES string of the molecule is CCCc1n(C[C@H](O)COc2ccc(C(C)C)cc2)c2ccccc2[n+]1C. The van der Waals surface area contributed by atoms with Gasteiger partial charge in [0.25, 0.3) is 5.82 Å². The lowest BCUT2D eigenvalue weighted by atomic mass is 10.0. The van der Waals surface area contributed by atoms with Crippen LogP contribution in [0.1, 0.15) is 44.5 Å². The number of rotatable bonds is 8. The quantitative estimate of drug-likeness (QED) is 0.612. The molecule has 0 aliphatic carbocycles. The highest BCUT2D eigenvalue weighted by atomic mass is 16.5. The lowest BCUT2D eigenvalue weighted by Gasteiger charge is -2.13. The maximum Gasteiger partial charge on any atom is 0.257 e. The Balaban J connectivity index is 1.72. The highest BCUT2D eigenvalue weighted by molar-refractivity contribution is 5.72. The summed E-state index contributed by atoms with van der Waals surface area (Å²) in [5.74, 6) is 2.54. The molecule has 0 saturated carbocycles. The molecule has 0 aliphatic heterocycles. The smallest absolute Gasteiger partial charge is 0.257 e. The third kappa shape index (κ3) is 4.33. The second-order valence-electron chi connectivity index (χ2n) is 7.51. The summed E-state index contributed by atoms with van der Waals surface area (Å²) in [6.07, 6.45) is 1.48. The summed E-state index contributed by atoms with van der Waals surface area (Å²) < 4.78 is 10.3. The first kappa shape index (κ1) is 19.4. The molecule has 27 heavy (non-hydrogen) atoms. The normalized spacial score (nSPS) is 12.7. The Morgan fingerprint density at radius 2 is 1.78 bits per heavy atom. The maximum atomic E-state index is 10.6. The minimum absolute atomic E-state index is 0.281. The van der Waals surface area contributed by atoms with E-state index in [0.29, 0.717) is 12.5 Å². The van der Waals surface area contributed by atoms with Crippen molar-refractivity contribution in [3.63, 3.8) is 0 Å². The van der Waals surface area contributed by atoms with Crippen molar-refractivity contribution in [3.8, 4) is 5.75 Å². The zero-order valence-electron chi connectivity index (χ0n) is 16.9. The number of fused-ring (bicyclic) bond motifs is 1. The summed E-state index contributed by atoms with van der Waals surface area (Å²) >= 11 is 0. The molecule has 3 aromatic rings. The van der Waals surface area contributed by atoms with Gasteiger partial charge in [-0.3, -0.25) is 0 Å². The van der Waals surface area contributed by atoms with Crippen molar-refractivity contribution < 1.29 is 14.4 Å². The fourth-order valence-electron chi connectivity index (χ4n) is 3.57. The van der Waals surface area contributed by atoms with Gasteiger partial charge in [0.2, 0.25) is 0 Å². The number of nitrogens with zero attached hydrogens (tertiary/aromatic N) is 2. The van der Waals surface area contributed by atoms with E-state index in [4.69, 9.17) is 4.74 Å². The van der Waals surface area contributed by atoms with Crippen molar-refractivity contribution in [2.24, 2.45) is 7.05 Å². The largest absolute Gasteiger partial charge is 0.491 e. The summed E-state index contributed by atoms with van der Waals surface area (Å²) in [7, 11) is 2.10. The number of ether oxygens (including phenoxy) is 1. The molecule has 0 fully saturated rings. The number of para-hydroxylation sites is 2. The van der Waals surface area contributed by atoms with Gasteiger partial charge in [-0.15, -0.1) is 0 Å². The van der Waals surface area contributed by atoms with E-state index in [0.717, 1.165) is 24.1 Å². The monoisotopic (exact) mass is 367 g/mol. The molecule has 0 unspecified atom stereocenters. The zero-order chi connectivity index (χ0) is 19.4. The molecule has 4 heteroatoms. The number of benzene rings is 2. The molecular weight excluding hydrogens is 336 g/mol. The van der Waals surface area contributed by atoms with Gasteiger partial charge in [-0.25, -0.2) is 9.13 Å². The summed E-state index contributed by atoms with van der Waals surface area (Å²) in [6, 6.07) is 16.5. The molecule has 144 valence electrons. The predicted molar refractivity (Wildman–Crippen MR) is 109 cm³/mol. The second kappa shape index (κ2) is 8.57. The van der Waals surface area contributed by atoms with Gasteiger partial charge < -0.3 is 9.84 Å². The van der Waals surface area contributed by atoms with E-state index in [1.165, 1.54) is 16.9 Å². The molecule has 3 rings (SSSR count). The van der Waals surface area contributed by atoms with Crippen LogP contribution in [0.25, 0.3) is 11.0 Å². The van der Waals surface area contributed by atoms with Crippen LogP contribution in [-0.2, 0) is 20.0 Å². The third-order valence-electron chi connectivity index (χ3n) is 5.09. The molecule has 0 radical (unpaired) electrons. The maximum absolute atomic E-state index is 10.6. The Labute approximate surface area is 162 Å². The number of aliphatic hydroxyl groups excluding tert-OH is 1. The molecule has 0 saturated heterocycles. The van der Waals surface area contributed by atoms with Crippen LogP contribution >= 0.6 is 0 Å². The molecule has 0 amide bonds. The molecule has 1 atom stereocenters. The van der Waals surface area contributed by atoms with E-state index in [-0.39, 0.29) is 6.61 Å². The molecule has 0 bridgehead atoms. The molecule has 4 nitrogen and oxygen atoms in total. The first-order valence-corrected chi connectivity index (χ1v) is 9.88. The van der Waals surface area contributed by atoms with Crippen molar-refractivity contribution in [2.75, 3.05) is 6.61 Å². The Bertz CT molecular complexity index is 881. The summed E-state index contributed by atoms with van der Waals surface area (Å²) in [6.45, 7) is 7.34. The van der Waals surface area contributed by atoms with Gasteiger partial charge in [0.15, 0.2) is 11.0 Å². The summed E-state index contributed by atoms with van der Waals surface area (Å²) in [5, 5.41) is 10.6. The number of aryl methyl sites for hydroxylation is 1. The van der Waals surface area contributed by atoms with Crippen molar-refractivity contribution in [1.29, 1.82) is 0 Å². The van der Waals surface area contributed by atoms with Crippen LogP contribution in [0.4, 0.5) is 0 Å². The van der Waals surface area contributed by atoms with Crippen LogP contribution < -0.4 is 9.30 Å². The first-order chi connectivity index (χ1) is 13.0. The number of aromatic nitrogens is 2. The van der Waals surface area contributed by atoms with Gasteiger partial charge in [0.05, 0.1) is 7.05 Å². The molecule has 1 heterocycles. The van der Waals surface area contributed by atoms with E-state index in [1.54, 1.807) is 0 Å². The van der Waals surface area contributed by atoms with E-state index < -0.39 is 6.10 Å². The fraction of sp³-hybridized carbons (Fsp3) is 0.435. The van der Waals surface area contributed by atoms with Gasteiger partial charge in [-0.2, -0.15) is 0 Å². The average molecular weight is 368 g/mol. The Morgan fingerprint density at radius 1 is 1.07 bits per heavy atom. The summed E-state index contributed by atoms with van der Waals surface area (Å²) in [4.78, 5) is 0. The van der Waals surface area contributed by atoms with Crippen molar-refractivity contribution in [2.45, 2.75) is 52.2 Å². The van der Waals surface area contributed by atoms with E-state index >= 15 is 0 Å². The van der Waals surface area contributed by atoms with Crippen LogP contribution in [0, 0.1) is 0 Å². The molecule has 1 aromatic heterocycles. The van der Waals surface area contributed by atoms with Crippen LogP contribution in [0.5, 0.6) is 5.75 Å². The Morgan fingerprint density at radius 3 is 2.44 bits per heavy atom. The molecule has 2 aromatic carbocycles. The minimum atomic E-state index is -0.568. The predicted octanol–water partition coefficient (Wildman–Crippen LogP) is 3.98. The van der Waals surface area contributed by atoms with Gasteiger partial charge in [-0.05, 0) is 42.2 Å². The first-order valence-electron chi connectivity index (χ1n) is 9.88. The zero-order valence-corrected chi connectivity index (χ0v) is 16.9. The topological polar surface area (TPSA) is 38.3 Å². The standard InChI is InChI=1S/C23H31N2O2/c1-5-8-23-24(4)21-9-6-7-10-22(21)25(23)15-19(26)16-27-20-13-11-18(12-14-20)17(2)3/h6-7,9-14,17,19,26H,5,8,15-16H2,1-4H3/q+1/t19-/m0/s1. The van der Waals surface area contributed by atoms with Gasteiger partial charge in [-0.1, -0.05) is 45.0 Å². The highest BCUT2D eigenvalue weighted by Gasteiger charge is 2.23. The number of hydrogen-bond acceptors (Lipinski definition) is 2. The lowest BCUT2D eigenvalue weighted by molar-refractivity contribution is -0.654. The van der Waals surface area contributed by atoms with Crippen molar-refractivity contribution in [3.05, 3.63) is 59.9 Å². The molecule has 0 spiro atoms. The number of aliphatic hydroxyl groups is 1. The molecular formula is C23H31N2O2+. The van der Waals surface area contributed by atoms with Crippen molar-refractivity contribution >= 4 is 11.0 Å². The highest BCUT2D eigenvalue weighted by Crippen LogP contribution is 2.19. The summed E-state index contributed by atoms with van der Waals surface area (Å²) in [5.41, 5.74) is 3.64. The second-order valence-corrected chi connectivity index (χ2v) is 7.51. The van der Waals surface area contributed by atoms with Gasteiger partial charge in [0.1, 0.15) is 25.0 Å².